The van der Waals surface area contributed by atoms with Gasteiger partial charge in [-0.3, -0.25) is 0 Å². The topological polar surface area (TPSA) is 96.8 Å². The number of aromatic carboxylic acids is 1. The van der Waals surface area contributed by atoms with Crippen molar-refractivity contribution in [2.24, 2.45) is 0 Å². The number of carbonyl (C=O) groups is 1. The van der Waals surface area contributed by atoms with Crippen LogP contribution < -0.4 is 9.04 Å². The largest absolute Gasteiger partial charge is 0.573 e. The maximum Gasteiger partial charge on any atom is 0.573 e. The van der Waals surface area contributed by atoms with E-state index >= 15 is 0 Å². The van der Waals surface area contributed by atoms with E-state index in [1.807, 2.05) is 24.3 Å². The smallest absolute Gasteiger partial charge is 0.478 e. The molecule has 1 aliphatic carbocycles. The Morgan fingerprint density at radius 2 is 1.77 bits per heavy atom. The summed E-state index contributed by atoms with van der Waals surface area (Å²) in [4.78, 5) is 16.1. The van der Waals surface area contributed by atoms with Crippen LogP contribution in [0.3, 0.4) is 0 Å². The lowest BCUT2D eigenvalue weighted by atomic mass is 10.0. The number of aromatic nitrogens is 1. The highest BCUT2D eigenvalue weighted by atomic mass is 32.2. The second-order valence-electron chi connectivity index (χ2n) is 9.54. The van der Waals surface area contributed by atoms with Crippen molar-refractivity contribution in [3.05, 3.63) is 95.2 Å². The van der Waals surface area contributed by atoms with E-state index in [0.29, 0.717) is 17.5 Å². The molecule has 1 fully saturated rings. The number of carboxylic acids is 1. The van der Waals surface area contributed by atoms with E-state index < -0.39 is 28.1 Å². The number of hydrogen-bond acceptors (Lipinski definition) is 5. The van der Waals surface area contributed by atoms with E-state index in [4.69, 9.17) is 0 Å². The number of nitrogens with zero attached hydrogens (tertiary/aromatic N) is 2. The molecular formula is C29H25F3N2O5S. The third kappa shape index (κ3) is 5.60. The van der Waals surface area contributed by atoms with Crippen molar-refractivity contribution in [2.75, 3.05) is 4.31 Å². The summed E-state index contributed by atoms with van der Waals surface area (Å²) in [6, 6.07) is 16.4. The van der Waals surface area contributed by atoms with Gasteiger partial charge in [0.15, 0.2) is 0 Å². The minimum absolute atomic E-state index is 0.00996. The summed E-state index contributed by atoms with van der Waals surface area (Å²) in [6.07, 6.45) is -1.22. The molecular weight excluding hydrogens is 545 g/mol. The molecule has 0 radical (unpaired) electrons. The number of anilines is 1. The monoisotopic (exact) mass is 570 g/mol. The lowest BCUT2D eigenvalue weighted by Crippen LogP contribution is -2.32. The van der Waals surface area contributed by atoms with Crippen LogP contribution in [0.15, 0.2) is 77.8 Å². The first-order valence-corrected chi connectivity index (χ1v) is 14.0. The molecule has 3 aromatic carbocycles. The molecule has 0 spiro atoms. The van der Waals surface area contributed by atoms with Gasteiger partial charge >= 0.3 is 12.3 Å². The molecule has 0 bridgehead atoms. The lowest BCUT2D eigenvalue weighted by Gasteiger charge is -2.27. The van der Waals surface area contributed by atoms with E-state index in [1.165, 1.54) is 30.3 Å². The fourth-order valence-corrected chi connectivity index (χ4v) is 6.22. The Labute approximate surface area is 228 Å². The number of alkyl halides is 3. The first-order valence-electron chi connectivity index (χ1n) is 12.6. The van der Waals surface area contributed by atoms with Crippen LogP contribution in [0.25, 0.3) is 10.8 Å². The first-order chi connectivity index (χ1) is 19.0. The molecule has 5 rings (SSSR count). The molecule has 1 saturated carbocycles. The third-order valence-electron chi connectivity index (χ3n) is 6.80. The summed E-state index contributed by atoms with van der Waals surface area (Å²) < 4.78 is 71.6. The molecule has 40 heavy (non-hydrogen) atoms. The Morgan fingerprint density at radius 1 is 1.07 bits per heavy atom. The molecule has 11 heteroatoms. The van der Waals surface area contributed by atoms with Crippen LogP contribution in [0.4, 0.5) is 19.0 Å². The molecule has 1 N–H and O–H groups in total. The Hall–Kier alpha value is -4.12. The number of rotatable bonds is 9. The normalized spacial score (nSPS) is 13.8. The van der Waals surface area contributed by atoms with Gasteiger partial charge in [0.25, 0.3) is 10.0 Å². The number of aryl methyl sites for hydroxylation is 1. The predicted molar refractivity (Wildman–Crippen MR) is 143 cm³/mol. The quantitative estimate of drug-likeness (QED) is 0.242. The molecule has 0 saturated heterocycles. The van der Waals surface area contributed by atoms with E-state index in [2.05, 4.69) is 9.72 Å². The number of hydrogen-bond donors (Lipinski definition) is 1. The zero-order chi connectivity index (χ0) is 28.7. The van der Waals surface area contributed by atoms with Crippen molar-refractivity contribution in [3.8, 4) is 5.75 Å². The third-order valence-corrected chi connectivity index (χ3v) is 8.53. The number of fused-ring (bicyclic) bond motifs is 1. The second-order valence-corrected chi connectivity index (χ2v) is 11.4. The molecule has 0 unspecified atom stereocenters. The zero-order valence-electron chi connectivity index (χ0n) is 21.4. The molecule has 1 heterocycles. The molecule has 4 aromatic rings. The Kier molecular flexibility index (Phi) is 7.17. The van der Waals surface area contributed by atoms with Gasteiger partial charge in [-0.2, -0.15) is 0 Å². The fraction of sp³-hybridized carbons (Fsp3) is 0.241. The lowest BCUT2D eigenvalue weighted by molar-refractivity contribution is -0.274. The highest BCUT2D eigenvalue weighted by Crippen LogP contribution is 2.48. The van der Waals surface area contributed by atoms with Crippen molar-refractivity contribution < 1.29 is 36.2 Å². The van der Waals surface area contributed by atoms with Crippen LogP contribution in [-0.4, -0.2) is 30.8 Å². The van der Waals surface area contributed by atoms with Gasteiger partial charge in [0.05, 0.1) is 17.0 Å². The van der Waals surface area contributed by atoms with Crippen LogP contribution in [0.2, 0.25) is 0 Å². The van der Waals surface area contributed by atoms with Crippen molar-refractivity contribution in [1.82, 2.24) is 4.98 Å². The minimum Gasteiger partial charge on any atom is -0.478 e. The first kappa shape index (κ1) is 27.4. The number of pyridine rings is 1. The number of sulfonamides is 1. The fourth-order valence-electron chi connectivity index (χ4n) is 4.74. The summed E-state index contributed by atoms with van der Waals surface area (Å²) in [5.41, 5.74) is 1.57. The minimum atomic E-state index is -4.86. The van der Waals surface area contributed by atoms with Gasteiger partial charge in [0.1, 0.15) is 11.6 Å². The van der Waals surface area contributed by atoms with Crippen LogP contribution >= 0.6 is 0 Å². The van der Waals surface area contributed by atoms with E-state index in [9.17, 15) is 31.5 Å². The summed E-state index contributed by atoms with van der Waals surface area (Å²) in [6.45, 7) is 1.51. The summed E-state index contributed by atoms with van der Waals surface area (Å²) in [5.74, 6) is -1.25. The summed E-state index contributed by atoms with van der Waals surface area (Å²) in [5, 5.41) is 11.3. The van der Waals surface area contributed by atoms with Crippen LogP contribution in [0.5, 0.6) is 5.75 Å². The van der Waals surface area contributed by atoms with E-state index in [-0.39, 0.29) is 28.7 Å². The predicted octanol–water partition coefficient (Wildman–Crippen LogP) is 6.67. The number of halogens is 3. The van der Waals surface area contributed by atoms with E-state index in [0.717, 1.165) is 45.6 Å². The molecule has 0 atom stereocenters. The molecule has 1 aliphatic rings. The second kappa shape index (κ2) is 10.5. The van der Waals surface area contributed by atoms with Gasteiger partial charge in [0.2, 0.25) is 0 Å². The SMILES string of the molecule is CCc1cc(S(=O)(=O)N(Cc2ccc(OC(F)(F)F)cc2)c2ncc3ccccc3c2C2CC2)ccc1C(=O)O. The highest BCUT2D eigenvalue weighted by molar-refractivity contribution is 7.92. The number of ether oxygens (including phenoxy) is 1. The molecule has 1 aromatic heterocycles. The number of benzene rings is 3. The van der Waals surface area contributed by atoms with Gasteiger partial charge in [-0.25, -0.2) is 22.5 Å². The van der Waals surface area contributed by atoms with Gasteiger partial charge in [-0.1, -0.05) is 43.3 Å². The molecule has 7 nitrogen and oxygen atoms in total. The molecule has 208 valence electrons. The Morgan fingerprint density at radius 3 is 2.40 bits per heavy atom. The standard InChI is InChI=1S/C29H25F3N2O5S/c1-2-19-15-23(13-14-25(19)28(35)36)40(37,38)34(17-18-7-11-22(12-8-18)39-29(30,31)32)27-26(20-9-10-20)24-6-4-3-5-21(24)16-33-27/h3-8,11-16,20H,2,9-10,17H2,1H3,(H,35,36). The van der Waals surface area contributed by atoms with Gasteiger partial charge in [-0.05, 0) is 72.0 Å². The zero-order valence-corrected chi connectivity index (χ0v) is 22.2. The Bertz CT molecular complexity index is 1680. The van der Waals surface area contributed by atoms with Crippen LogP contribution in [0.1, 0.15) is 52.7 Å². The average molecular weight is 571 g/mol. The van der Waals surface area contributed by atoms with Gasteiger partial charge in [0, 0.05) is 17.1 Å². The average Bonchev–Trinajstić information content (AvgIpc) is 3.76. The van der Waals surface area contributed by atoms with Crippen molar-refractivity contribution in [3.63, 3.8) is 0 Å². The van der Waals surface area contributed by atoms with Crippen molar-refractivity contribution >= 4 is 32.6 Å². The van der Waals surface area contributed by atoms with Crippen LogP contribution in [-0.2, 0) is 23.0 Å². The van der Waals surface area contributed by atoms with Gasteiger partial charge < -0.3 is 9.84 Å². The highest BCUT2D eigenvalue weighted by Gasteiger charge is 2.36. The maximum atomic E-state index is 14.2. The van der Waals surface area contributed by atoms with Gasteiger partial charge in [-0.15, -0.1) is 13.2 Å². The summed E-state index contributed by atoms with van der Waals surface area (Å²) >= 11 is 0. The maximum absolute atomic E-state index is 14.2. The van der Waals surface area contributed by atoms with Crippen molar-refractivity contribution in [1.29, 1.82) is 0 Å². The van der Waals surface area contributed by atoms with Crippen molar-refractivity contribution in [2.45, 2.75) is 49.9 Å². The molecule has 0 aliphatic heterocycles. The number of carboxylic acid groups (broad SMARTS) is 1. The van der Waals surface area contributed by atoms with E-state index in [1.54, 1.807) is 13.1 Å². The summed E-state index contributed by atoms with van der Waals surface area (Å²) in [7, 11) is -4.30. The Balaban J connectivity index is 1.65. The van der Waals surface area contributed by atoms with Crippen LogP contribution in [0, 0.1) is 0 Å². The molecule has 0 amide bonds.